The molecule has 0 amide bonds. The lowest BCUT2D eigenvalue weighted by atomic mass is 10.2. The molecule has 1 rings (SSSR count). The van der Waals surface area contributed by atoms with Crippen LogP contribution in [-0.4, -0.2) is 24.6 Å². The van der Waals surface area contributed by atoms with Gasteiger partial charge in [-0.1, -0.05) is 30.1 Å². The summed E-state index contributed by atoms with van der Waals surface area (Å²) in [5.41, 5.74) is 1.02. The smallest absolute Gasteiger partial charge is 0.303 e. The van der Waals surface area contributed by atoms with Gasteiger partial charge in [-0.3, -0.25) is 4.79 Å². The van der Waals surface area contributed by atoms with Gasteiger partial charge in [-0.15, -0.1) is 11.6 Å². The predicted octanol–water partition coefficient (Wildman–Crippen LogP) is 4.11. The van der Waals surface area contributed by atoms with E-state index in [2.05, 4.69) is 0 Å². The summed E-state index contributed by atoms with van der Waals surface area (Å²) in [5, 5.41) is 0.862. The van der Waals surface area contributed by atoms with Crippen molar-refractivity contribution in [1.82, 2.24) is 0 Å². The van der Waals surface area contributed by atoms with Gasteiger partial charge in [0.25, 0.3) is 0 Å². The van der Waals surface area contributed by atoms with Gasteiger partial charge in [-0.05, 0) is 24.1 Å². The zero-order valence-corrected chi connectivity index (χ0v) is 13.0. The molecule has 0 fully saturated rings. The summed E-state index contributed by atoms with van der Waals surface area (Å²) in [6, 6.07) is 3.59. The third-order valence-electron chi connectivity index (χ3n) is 2.38. The van der Waals surface area contributed by atoms with E-state index >= 15 is 0 Å². The van der Waals surface area contributed by atoms with Crippen LogP contribution in [0.2, 0.25) is 10.0 Å². The summed E-state index contributed by atoms with van der Waals surface area (Å²) >= 11 is 17.9. The van der Waals surface area contributed by atoms with E-state index in [-0.39, 0.29) is 12.5 Å². The Kier molecular flexibility index (Phi) is 6.76. The second-order valence-electron chi connectivity index (χ2n) is 3.94. The van der Waals surface area contributed by atoms with Crippen LogP contribution in [0.3, 0.4) is 0 Å². The number of rotatable bonds is 6. The van der Waals surface area contributed by atoms with Crippen molar-refractivity contribution in [2.45, 2.75) is 26.4 Å². The van der Waals surface area contributed by atoms with Gasteiger partial charge in [-0.25, -0.2) is 0 Å². The van der Waals surface area contributed by atoms with Crippen LogP contribution in [0.25, 0.3) is 0 Å². The third-order valence-corrected chi connectivity index (χ3v) is 3.29. The van der Waals surface area contributed by atoms with E-state index in [4.69, 9.17) is 44.3 Å². The van der Waals surface area contributed by atoms with E-state index in [1.807, 2.05) is 6.92 Å². The van der Waals surface area contributed by atoms with Crippen LogP contribution in [0.5, 0.6) is 5.75 Å². The second-order valence-corrected chi connectivity index (χ2v) is 5.06. The van der Waals surface area contributed by atoms with Gasteiger partial charge in [0.1, 0.15) is 12.7 Å². The van der Waals surface area contributed by atoms with Gasteiger partial charge < -0.3 is 9.47 Å². The molecule has 0 spiro atoms. The average molecular weight is 326 g/mol. The minimum absolute atomic E-state index is 0.105. The maximum absolute atomic E-state index is 10.9. The lowest BCUT2D eigenvalue weighted by Crippen LogP contribution is -2.25. The lowest BCUT2D eigenvalue weighted by molar-refractivity contribution is -0.146. The standard InChI is InChI=1S/C13H15Cl3O3/c1-3-9-4-11(15)13(12(16)5-9)18-7-10(6-14)19-8(2)17/h4-5,10H,3,6-7H2,1-2H3/t10-/m0/s1. The SMILES string of the molecule is CCc1cc(Cl)c(OC[C@H](CCl)OC(C)=O)c(Cl)c1. The Labute approximate surface area is 127 Å². The van der Waals surface area contributed by atoms with Gasteiger partial charge in [-0.2, -0.15) is 0 Å². The van der Waals surface area contributed by atoms with Gasteiger partial charge in [0.05, 0.1) is 15.9 Å². The number of hydrogen-bond donors (Lipinski definition) is 0. The Morgan fingerprint density at radius 1 is 1.32 bits per heavy atom. The Hall–Kier alpha value is -0.640. The van der Waals surface area contributed by atoms with Crippen molar-refractivity contribution in [3.63, 3.8) is 0 Å². The van der Waals surface area contributed by atoms with Crippen LogP contribution < -0.4 is 4.74 Å². The van der Waals surface area contributed by atoms with Crippen LogP contribution in [0.1, 0.15) is 19.4 Å². The highest BCUT2D eigenvalue weighted by Gasteiger charge is 2.15. The Bertz CT molecular complexity index is 426. The molecule has 1 atom stereocenters. The van der Waals surface area contributed by atoms with Crippen molar-refractivity contribution in [3.8, 4) is 5.75 Å². The first kappa shape index (κ1) is 16.4. The summed E-state index contributed by atoms with van der Waals surface area (Å²) < 4.78 is 10.5. The van der Waals surface area contributed by atoms with E-state index in [1.165, 1.54) is 6.92 Å². The first-order chi connectivity index (χ1) is 8.97. The molecule has 0 unspecified atom stereocenters. The summed E-state index contributed by atoms with van der Waals surface area (Å²) in [7, 11) is 0. The van der Waals surface area contributed by atoms with Crippen LogP contribution in [0, 0.1) is 0 Å². The van der Waals surface area contributed by atoms with Crippen molar-refractivity contribution in [2.75, 3.05) is 12.5 Å². The maximum Gasteiger partial charge on any atom is 0.303 e. The molecule has 0 saturated heterocycles. The zero-order chi connectivity index (χ0) is 14.4. The quantitative estimate of drug-likeness (QED) is 0.583. The molecule has 0 heterocycles. The topological polar surface area (TPSA) is 35.5 Å². The molecule has 0 aromatic heterocycles. The Balaban J connectivity index is 2.74. The van der Waals surface area contributed by atoms with Crippen LogP contribution in [0.4, 0.5) is 0 Å². The first-order valence-electron chi connectivity index (χ1n) is 5.81. The summed E-state index contributed by atoms with van der Waals surface area (Å²) in [5.74, 6) is 0.109. The molecular formula is C13H15Cl3O3. The number of halogens is 3. The molecule has 0 N–H and O–H groups in total. The molecule has 0 aliphatic carbocycles. The third kappa shape index (κ3) is 5.09. The van der Waals surface area contributed by atoms with E-state index in [1.54, 1.807) is 12.1 Å². The highest BCUT2D eigenvalue weighted by molar-refractivity contribution is 6.37. The Morgan fingerprint density at radius 3 is 2.32 bits per heavy atom. The molecular weight excluding hydrogens is 310 g/mol. The number of carbonyl (C=O) groups is 1. The number of ether oxygens (including phenoxy) is 2. The van der Waals surface area contributed by atoms with E-state index in [0.29, 0.717) is 15.8 Å². The zero-order valence-electron chi connectivity index (χ0n) is 10.7. The van der Waals surface area contributed by atoms with E-state index in [0.717, 1.165) is 12.0 Å². The second kappa shape index (κ2) is 7.83. The number of hydrogen-bond acceptors (Lipinski definition) is 3. The fourth-order valence-corrected chi connectivity index (χ4v) is 2.27. The van der Waals surface area contributed by atoms with Crippen molar-refractivity contribution in [3.05, 3.63) is 27.7 Å². The summed E-state index contributed by atoms with van der Waals surface area (Å²) in [6.45, 7) is 3.43. The van der Waals surface area contributed by atoms with Crippen molar-refractivity contribution in [1.29, 1.82) is 0 Å². The first-order valence-corrected chi connectivity index (χ1v) is 7.10. The lowest BCUT2D eigenvalue weighted by Gasteiger charge is -2.17. The van der Waals surface area contributed by atoms with Crippen LogP contribution in [-0.2, 0) is 16.0 Å². The largest absolute Gasteiger partial charge is 0.487 e. The monoisotopic (exact) mass is 324 g/mol. The Morgan fingerprint density at radius 2 is 1.89 bits per heavy atom. The maximum atomic E-state index is 10.9. The van der Waals surface area contributed by atoms with Crippen LogP contribution >= 0.6 is 34.8 Å². The number of aryl methyl sites for hydroxylation is 1. The summed E-state index contributed by atoms with van der Waals surface area (Å²) in [4.78, 5) is 10.9. The highest BCUT2D eigenvalue weighted by atomic mass is 35.5. The molecule has 0 radical (unpaired) electrons. The molecule has 0 saturated carbocycles. The fourth-order valence-electron chi connectivity index (χ4n) is 1.48. The van der Waals surface area contributed by atoms with Gasteiger partial charge in [0.2, 0.25) is 0 Å². The molecule has 1 aromatic carbocycles. The fraction of sp³-hybridized carbons (Fsp3) is 0.462. The molecule has 19 heavy (non-hydrogen) atoms. The minimum atomic E-state index is -0.530. The predicted molar refractivity (Wildman–Crippen MR) is 77.6 cm³/mol. The average Bonchev–Trinajstić information content (AvgIpc) is 2.35. The number of benzene rings is 1. The van der Waals surface area contributed by atoms with Crippen LogP contribution in [0.15, 0.2) is 12.1 Å². The van der Waals surface area contributed by atoms with Gasteiger partial charge >= 0.3 is 5.97 Å². The molecule has 3 nitrogen and oxygen atoms in total. The molecule has 0 aliphatic rings. The van der Waals surface area contributed by atoms with E-state index < -0.39 is 12.1 Å². The number of esters is 1. The molecule has 6 heteroatoms. The molecule has 0 bridgehead atoms. The molecule has 1 aromatic rings. The summed E-state index contributed by atoms with van der Waals surface area (Å²) in [6.07, 6.45) is 0.300. The molecule has 0 aliphatic heterocycles. The van der Waals surface area contributed by atoms with Crippen molar-refractivity contribution in [2.24, 2.45) is 0 Å². The minimum Gasteiger partial charge on any atom is -0.487 e. The van der Waals surface area contributed by atoms with Gasteiger partial charge in [0.15, 0.2) is 5.75 Å². The normalized spacial score (nSPS) is 12.1. The van der Waals surface area contributed by atoms with Crippen molar-refractivity contribution < 1.29 is 14.3 Å². The molecule has 106 valence electrons. The number of carbonyl (C=O) groups excluding carboxylic acids is 1. The van der Waals surface area contributed by atoms with Crippen molar-refractivity contribution >= 4 is 40.8 Å². The van der Waals surface area contributed by atoms with Gasteiger partial charge in [0, 0.05) is 6.92 Å². The van der Waals surface area contributed by atoms with E-state index in [9.17, 15) is 4.79 Å². The highest BCUT2D eigenvalue weighted by Crippen LogP contribution is 2.34. The number of alkyl halides is 1.